The molecule has 2 amide bonds. The Morgan fingerprint density at radius 1 is 1.11 bits per heavy atom. The van der Waals surface area contributed by atoms with Gasteiger partial charge in [0.2, 0.25) is 0 Å². The Kier molecular flexibility index (Phi) is 5.49. The molecule has 0 spiro atoms. The van der Waals surface area contributed by atoms with Crippen molar-refractivity contribution in [2.45, 2.75) is 52.0 Å². The SMILES string of the molecule is CC1CCN(CCNC(=O)N2CCCCC2C)CC1. The van der Waals surface area contributed by atoms with Crippen LogP contribution in [0.4, 0.5) is 4.79 Å². The van der Waals surface area contributed by atoms with Gasteiger partial charge in [0.15, 0.2) is 0 Å². The van der Waals surface area contributed by atoms with Crippen molar-refractivity contribution in [3.63, 3.8) is 0 Å². The zero-order valence-corrected chi connectivity index (χ0v) is 12.5. The number of nitrogens with one attached hydrogen (secondary N) is 1. The van der Waals surface area contributed by atoms with Crippen LogP contribution in [-0.2, 0) is 0 Å². The molecule has 110 valence electrons. The van der Waals surface area contributed by atoms with Crippen molar-refractivity contribution in [1.29, 1.82) is 0 Å². The second-order valence-corrected chi connectivity index (χ2v) is 6.29. The number of hydrogen-bond donors (Lipinski definition) is 1. The number of nitrogens with zero attached hydrogens (tertiary/aromatic N) is 2. The van der Waals surface area contributed by atoms with Crippen molar-refractivity contribution in [2.24, 2.45) is 5.92 Å². The number of likely N-dealkylation sites (tertiary alicyclic amines) is 2. The highest BCUT2D eigenvalue weighted by Crippen LogP contribution is 2.16. The van der Waals surface area contributed by atoms with Crippen LogP contribution in [0.5, 0.6) is 0 Å². The molecule has 2 saturated heterocycles. The summed E-state index contributed by atoms with van der Waals surface area (Å²) in [7, 11) is 0. The normalized spacial score (nSPS) is 26.4. The number of amides is 2. The lowest BCUT2D eigenvalue weighted by Gasteiger charge is -2.34. The van der Waals surface area contributed by atoms with Crippen LogP contribution in [0, 0.1) is 5.92 Å². The quantitative estimate of drug-likeness (QED) is 0.851. The van der Waals surface area contributed by atoms with Crippen LogP contribution in [-0.4, -0.2) is 54.6 Å². The summed E-state index contributed by atoms with van der Waals surface area (Å²) in [5, 5.41) is 3.09. The van der Waals surface area contributed by atoms with Gasteiger partial charge in [0.25, 0.3) is 0 Å². The van der Waals surface area contributed by atoms with Gasteiger partial charge in [0.1, 0.15) is 0 Å². The van der Waals surface area contributed by atoms with Gasteiger partial charge in [0, 0.05) is 25.7 Å². The van der Waals surface area contributed by atoms with E-state index in [1.807, 2.05) is 4.90 Å². The molecule has 2 fully saturated rings. The maximum absolute atomic E-state index is 12.1. The maximum atomic E-state index is 12.1. The third kappa shape index (κ3) is 4.37. The Hall–Kier alpha value is -0.770. The lowest BCUT2D eigenvalue weighted by Crippen LogP contribution is -2.49. The van der Waals surface area contributed by atoms with Crippen LogP contribution in [0.2, 0.25) is 0 Å². The molecule has 2 heterocycles. The molecule has 0 aliphatic carbocycles. The van der Waals surface area contributed by atoms with Gasteiger partial charge in [-0.3, -0.25) is 0 Å². The summed E-state index contributed by atoms with van der Waals surface area (Å²) in [6, 6.07) is 0.544. The zero-order valence-electron chi connectivity index (χ0n) is 12.5. The standard InChI is InChI=1S/C15H29N3O/c1-13-6-10-17(11-7-13)12-8-16-15(19)18-9-4-3-5-14(18)2/h13-14H,3-12H2,1-2H3,(H,16,19). The van der Waals surface area contributed by atoms with E-state index in [9.17, 15) is 4.79 Å². The van der Waals surface area contributed by atoms with E-state index in [0.29, 0.717) is 6.04 Å². The smallest absolute Gasteiger partial charge is 0.317 e. The molecule has 1 N–H and O–H groups in total. The predicted octanol–water partition coefficient (Wildman–Crippen LogP) is 2.30. The van der Waals surface area contributed by atoms with Crippen LogP contribution >= 0.6 is 0 Å². The number of rotatable bonds is 3. The third-order valence-corrected chi connectivity index (χ3v) is 4.64. The topological polar surface area (TPSA) is 35.6 Å². The van der Waals surface area contributed by atoms with Gasteiger partial charge in [-0.25, -0.2) is 4.79 Å². The van der Waals surface area contributed by atoms with Crippen molar-refractivity contribution in [3.8, 4) is 0 Å². The van der Waals surface area contributed by atoms with Crippen molar-refractivity contribution >= 4 is 6.03 Å². The Labute approximate surface area is 117 Å². The summed E-state index contributed by atoms with van der Waals surface area (Å²) in [5.41, 5.74) is 0. The number of hydrogen-bond acceptors (Lipinski definition) is 2. The summed E-state index contributed by atoms with van der Waals surface area (Å²) in [4.78, 5) is 16.6. The Morgan fingerprint density at radius 3 is 2.53 bits per heavy atom. The van der Waals surface area contributed by atoms with Gasteiger partial charge in [0.05, 0.1) is 0 Å². The molecule has 0 radical (unpaired) electrons. The summed E-state index contributed by atoms with van der Waals surface area (Å²) >= 11 is 0. The van der Waals surface area contributed by atoms with Crippen molar-refractivity contribution in [3.05, 3.63) is 0 Å². The highest BCUT2D eigenvalue weighted by atomic mass is 16.2. The van der Waals surface area contributed by atoms with E-state index in [0.717, 1.165) is 38.4 Å². The Bertz CT molecular complexity index is 287. The first-order valence-corrected chi connectivity index (χ1v) is 7.93. The average Bonchev–Trinajstić information content (AvgIpc) is 2.41. The number of piperidine rings is 2. The Morgan fingerprint density at radius 2 is 1.84 bits per heavy atom. The van der Waals surface area contributed by atoms with Gasteiger partial charge in [-0.1, -0.05) is 6.92 Å². The van der Waals surface area contributed by atoms with Crippen LogP contribution in [0.15, 0.2) is 0 Å². The molecular weight excluding hydrogens is 238 g/mol. The largest absolute Gasteiger partial charge is 0.337 e. The average molecular weight is 267 g/mol. The first kappa shape index (κ1) is 14.6. The monoisotopic (exact) mass is 267 g/mol. The minimum Gasteiger partial charge on any atom is -0.337 e. The molecule has 2 aliphatic heterocycles. The third-order valence-electron chi connectivity index (χ3n) is 4.64. The highest BCUT2D eigenvalue weighted by molar-refractivity contribution is 5.74. The van der Waals surface area contributed by atoms with E-state index in [1.165, 1.54) is 32.4 Å². The lowest BCUT2D eigenvalue weighted by atomic mass is 9.99. The Balaban J connectivity index is 1.63. The number of urea groups is 1. The zero-order chi connectivity index (χ0) is 13.7. The maximum Gasteiger partial charge on any atom is 0.317 e. The van der Waals surface area contributed by atoms with Gasteiger partial charge in [-0.15, -0.1) is 0 Å². The van der Waals surface area contributed by atoms with Crippen molar-refractivity contribution < 1.29 is 4.79 Å². The van der Waals surface area contributed by atoms with Crippen LogP contribution in [0.25, 0.3) is 0 Å². The van der Waals surface area contributed by atoms with Gasteiger partial charge in [-0.05, 0) is 58.0 Å². The summed E-state index contributed by atoms with van der Waals surface area (Å²) in [5.74, 6) is 0.875. The second kappa shape index (κ2) is 7.13. The molecule has 19 heavy (non-hydrogen) atoms. The fraction of sp³-hybridized carbons (Fsp3) is 0.933. The van der Waals surface area contributed by atoms with Gasteiger partial charge >= 0.3 is 6.03 Å². The minimum absolute atomic E-state index is 0.137. The van der Waals surface area contributed by atoms with Gasteiger partial charge in [-0.2, -0.15) is 0 Å². The lowest BCUT2D eigenvalue weighted by molar-refractivity contribution is 0.153. The molecule has 2 rings (SSSR count). The predicted molar refractivity (Wildman–Crippen MR) is 78.3 cm³/mol. The molecule has 0 bridgehead atoms. The summed E-state index contributed by atoms with van der Waals surface area (Å²) < 4.78 is 0. The fourth-order valence-corrected chi connectivity index (χ4v) is 3.11. The van der Waals surface area contributed by atoms with Crippen molar-refractivity contribution in [2.75, 3.05) is 32.7 Å². The molecule has 4 nitrogen and oxygen atoms in total. The van der Waals surface area contributed by atoms with Crippen LogP contribution in [0.1, 0.15) is 46.0 Å². The first-order chi connectivity index (χ1) is 9.16. The van der Waals surface area contributed by atoms with E-state index < -0.39 is 0 Å². The number of carbonyl (C=O) groups is 1. The summed E-state index contributed by atoms with van der Waals surface area (Å²) in [6.45, 7) is 9.58. The van der Waals surface area contributed by atoms with Crippen molar-refractivity contribution in [1.82, 2.24) is 15.1 Å². The van der Waals surface area contributed by atoms with E-state index in [1.54, 1.807) is 0 Å². The first-order valence-electron chi connectivity index (χ1n) is 7.93. The molecule has 2 aliphatic rings. The molecule has 0 aromatic carbocycles. The molecule has 0 aromatic rings. The molecule has 0 aromatic heterocycles. The molecular formula is C15H29N3O. The van der Waals surface area contributed by atoms with Crippen LogP contribution in [0.3, 0.4) is 0 Å². The number of carbonyl (C=O) groups excluding carboxylic acids is 1. The van der Waals surface area contributed by atoms with E-state index in [4.69, 9.17) is 0 Å². The molecule has 4 heteroatoms. The fourth-order valence-electron chi connectivity index (χ4n) is 3.11. The van der Waals surface area contributed by atoms with E-state index >= 15 is 0 Å². The molecule has 0 saturated carbocycles. The molecule has 1 atom stereocenters. The highest BCUT2D eigenvalue weighted by Gasteiger charge is 2.23. The summed E-state index contributed by atoms with van der Waals surface area (Å²) in [6.07, 6.45) is 6.17. The minimum atomic E-state index is 0.137. The van der Waals surface area contributed by atoms with E-state index in [2.05, 4.69) is 24.1 Å². The van der Waals surface area contributed by atoms with Gasteiger partial charge < -0.3 is 15.1 Å². The van der Waals surface area contributed by atoms with E-state index in [-0.39, 0.29) is 6.03 Å². The van der Waals surface area contributed by atoms with Crippen LogP contribution < -0.4 is 5.32 Å². The molecule has 1 unspecified atom stereocenters. The second-order valence-electron chi connectivity index (χ2n) is 6.29.